The van der Waals surface area contributed by atoms with Crippen LogP contribution in [-0.4, -0.2) is 78.1 Å². The molecule has 0 bridgehead atoms. The number of piperidine rings is 1. The number of ether oxygens (including phenoxy) is 1. The molecule has 0 atom stereocenters. The van der Waals surface area contributed by atoms with E-state index >= 15 is 0 Å². The lowest BCUT2D eigenvalue weighted by atomic mass is 9.96. The van der Waals surface area contributed by atoms with Gasteiger partial charge in [-0.2, -0.15) is 0 Å². The Morgan fingerprint density at radius 3 is 2.06 bits per heavy atom. The Balaban J connectivity index is 1.37. The lowest BCUT2D eigenvalue weighted by Crippen LogP contribution is -2.45. The molecule has 178 valence electrons. The molecular weight excluding hydrogens is 404 g/mol. The Bertz CT molecular complexity index is 743. The molecule has 1 aromatic carbocycles. The normalized spacial score (nSPS) is 19.1. The van der Waals surface area contributed by atoms with Gasteiger partial charge in [-0.05, 0) is 51.3 Å². The Kier molecular flexibility index (Phi) is 8.54. The standard InChI is InChI=1S/C25H40N4O3/c1-5-27-14-16-28(17-15-27)19-21-8-6-20(7-9-21)18-26-23(30)22-10-12-29(13-11-22)24(31)32-25(2,3)4/h6-9,22H,5,10-19H2,1-4H3,(H,26,30). The summed E-state index contributed by atoms with van der Waals surface area (Å²) in [7, 11) is 0. The van der Waals surface area contributed by atoms with Gasteiger partial charge < -0.3 is 19.9 Å². The summed E-state index contributed by atoms with van der Waals surface area (Å²) in [5.74, 6) is 0.0291. The summed E-state index contributed by atoms with van der Waals surface area (Å²) in [6.45, 7) is 16.2. The van der Waals surface area contributed by atoms with Crippen molar-refractivity contribution >= 4 is 12.0 Å². The molecule has 2 heterocycles. The molecule has 2 aliphatic heterocycles. The topological polar surface area (TPSA) is 65.1 Å². The van der Waals surface area contributed by atoms with Gasteiger partial charge in [0.2, 0.25) is 5.91 Å². The van der Waals surface area contributed by atoms with Crippen molar-refractivity contribution in [1.82, 2.24) is 20.0 Å². The lowest BCUT2D eigenvalue weighted by Gasteiger charge is -2.34. The summed E-state index contributed by atoms with van der Waals surface area (Å²) >= 11 is 0. The predicted octanol–water partition coefficient (Wildman–Crippen LogP) is 3.09. The van der Waals surface area contributed by atoms with Gasteiger partial charge in [0.15, 0.2) is 0 Å². The van der Waals surface area contributed by atoms with Crippen LogP contribution in [0.2, 0.25) is 0 Å². The van der Waals surface area contributed by atoms with Crippen molar-refractivity contribution in [3.8, 4) is 0 Å². The predicted molar refractivity (Wildman–Crippen MR) is 126 cm³/mol. The molecule has 2 aliphatic rings. The number of amides is 2. The smallest absolute Gasteiger partial charge is 0.410 e. The van der Waals surface area contributed by atoms with Crippen molar-refractivity contribution in [3.05, 3.63) is 35.4 Å². The maximum atomic E-state index is 12.6. The van der Waals surface area contributed by atoms with Crippen LogP contribution in [0.15, 0.2) is 24.3 Å². The zero-order chi connectivity index (χ0) is 23.1. The zero-order valence-electron chi connectivity index (χ0n) is 20.2. The van der Waals surface area contributed by atoms with Crippen molar-refractivity contribution < 1.29 is 14.3 Å². The monoisotopic (exact) mass is 444 g/mol. The van der Waals surface area contributed by atoms with Crippen LogP contribution in [0.1, 0.15) is 51.7 Å². The quantitative estimate of drug-likeness (QED) is 0.731. The second kappa shape index (κ2) is 11.1. The molecule has 3 rings (SSSR count). The summed E-state index contributed by atoms with van der Waals surface area (Å²) in [6.07, 6.45) is 1.06. The highest BCUT2D eigenvalue weighted by atomic mass is 16.6. The van der Waals surface area contributed by atoms with E-state index < -0.39 is 5.60 Å². The molecule has 2 saturated heterocycles. The molecule has 2 amide bonds. The first-order valence-corrected chi connectivity index (χ1v) is 12.0. The maximum Gasteiger partial charge on any atom is 0.410 e. The van der Waals surface area contributed by atoms with Crippen molar-refractivity contribution in [3.63, 3.8) is 0 Å². The Morgan fingerprint density at radius 2 is 1.50 bits per heavy atom. The van der Waals surface area contributed by atoms with Crippen molar-refractivity contribution in [2.24, 2.45) is 5.92 Å². The molecule has 0 spiro atoms. The number of nitrogens with one attached hydrogen (secondary N) is 1. The lowest BCUT2D eigenvalue weighted by molar-refractivity contribution is -0.126. The number of nitrogens with zero attached hydrogens (tertiary/aromatic N) is 3. The Labute approximate surface area is 193 Å². The highest BCUT2D eigenvalue weighted by Gasteiger charge is 2.29. The first-order valence-electron chi connectivity index (χ1n) is 12.0. The minimum atomic E-state index is -0.495. The summed E-state index contributed by atoms with van der Waals surface area (Å²) in [5, 5.41) is 3.07. The first-order chi connectivity index (χ1) is 15.2. The van der Waals surface area contributed by atoms with E-state index in [-0.39, 0.29) is 17.9 Å². The van der Waals surface area contributed by atoms with Crippen LogP contribution in [0.5, 0.6) is 0 Å². The molecule has 0 aliphatic carbocycles. The van der Waals surface area contributed by atoms with Gasteiger partial charge in [-0.15, -0.1) is 0 Å². The molecule has 32 heavy (non-hydrogen) atoms. The van der Waals surface area contributed by atoms with E-state index in [4.69, 9.17) is 4.74 Å². The fourth-order valence-electron chi connectivity index (χ4n) is 4.27. The molecule has 7 heteroatoms. The molecule has 0 unspecified atom stereocenters. The molecule has 2 fully saturated rings. The highest BCUT2D eigenvalue weighted by Crippen LogP contribution is 2.20. The van der Waals surface area contributed by atoms with Crippen LogP contribution >= 0.6 is 0 Å². The average Bonchev–Trinajstić information content (AvgIpc) is 2.78. The third kappa shape index (κ3) is 7.48. The number of rotatable bonds is 6. The van der Waals surface area contributed by atoms with Gasteiger partial charge >= 0.3 is 6.09 Å². The van der Waals surface area contributed by atoms with Crippen LogP contribution in [0.4, 0.5) is 4.79 Å². The van der Waals surface area contributed by atoms with Crippen LogP contribution < -0.4 is 5.32 Å². The minimum absolute atomic E-state index is 0.0465. The fourth-order valence-corrected chi connectivity index (χ4v) is 4.27. The zero-order valence-corrected chi connectivity index (χ0v) is 20.2. The average molecular weight is 445 g/mol. The summed E-state index contributed by atoms with van der Waals surface area (Å²) in [6, 6.07) is 8.58. The summed E-state index contributed by atoms with van der Waals surface area (Å²) in [5.41, 5.74) is 1.94. The Hall–Kier alpha value is -2.12. The van der Waals surface area contributed by atoms with Gasteiger partial charge in [0.05, 0.1) is 0 Å². The van der Waals surface area contributed by atoms with E-state index in [1.54, 1.807) is 4.90 Å². The first kappa shape index (κ1) is 24.5. The minimum Gasteiger partial charge on any atom is -0.444 e. The van der Waals surface area contributed by atoms with E-state index in [1.807, 2.05) is 20.8 Å². The number of hydrogen-bond donors (Lipinski definition) is 1. The van der Waals surface area contributed by atoms with E-state index in [1.165, 1.54) is 5.56 Å². The van der Waals surface area contributed by atoms with Gasteiger partial charge in [0.1, 0.15) is 5.60 Å². The second-order valence-corrected chi connectivity index (χ2v) is 9.99. The van der Waals surface area contributed by atoms with Crippen molar-refractivity contribution in [2.45, 2.75) is 59.2 Å². The van der Waals surface area contributed by atoms with Crippen LogP contribution in [-0.2, 0) is 22.6 Å². The fraction of sp³-hybridized carbons (Fsp3) is 0.680. The molecule has 1 aromatic rings. The largest absolute Gasteiger partial charge is 0.444 e. The number of likely N-dealkylation sites (tertiary alicyclic amines) is 1. The van der Waals surface area contributed by atoms with Crippen molar-refractivity contribution in [1.29, 1.82) is 0 Å². The van der Waals surface area contributed by atoms with Crippen LogP contribution in [0.25, 0.3) is 0 Å². The molecule has 0 saturated carbocycles. The van der Waals surface area contributed by atoms with E-state index in [0.717, 1.165) is 44.8 Å². The number of piperazine rings is 1. The van der Waals surface area contributed by atoms with Gasteiger partial charge in [0, 0.05) is 58.3 Å². The Morgan fingerprint density at radius 1 is 0.938 bits per heavy atom. The number of likely N-dealkylation sites (N-methyl/N-ethyl adjacent to an activating group) is 1. The molecular formula is C25H40N4O3. The molecule has 0 radical (unpaired) electrons. The highest BCUT2D eigenvalue weighted by molar-refractivity contribution is 5.79. The molecule has 0 aromatic heterocycles. The van der Waals surface area contributed by atoms with Crippen LogP contribution in [0, 0.1) is 5.92 Å². The van der Waals surface area contributed by atoms with Gasteiger partial charge in [0.25, 0.3) is 0 Å². The number of carbonyl (C=O) groups excluding carboxylic acids is 2. The van der Waals surface area contributed by atoms with Crippen LogP contribution in [0.3, 0.4) is 0 Å². The third-order valence-corrected chi connectivity index (χ3v) is 6.33. The maximum absolute atomic E-state index is 12.6. The second-order valence-electron chi connectivity index (χ2n) is 9.99. The van der Waals surface area contributed by atoms with Gasteiger partial charge in [-0.25, -0.2) is 4.79 Å². The van der Waals surface area contributed by atoms with E-state index in [9.17, 15) is 9.59 Å². The summed E-state index contributed by atoms with van der Waals surface area (Å²) < 4.78 is 5.43. The van der Waals surface area contributed by atoms with Gasteiger partial charge in [-0.1, -0.05) is 31.2 Å². The number of hydrogen-bond acceptors (Lipinski definition) is 5. The number of carbonyl (C=O) groups is 2. The number of benzene rings is 1. The van der Waals surface area contributed by atoms with Gasteiger partial charge in [-0.3, -0.25) is 9.69 Å². The van der Waals surface area contributed by atoms with E-state index in [0.29, 0.717) is 32.5 Å². The summed E-state index contributed by atoms with van der Waals surface area (Å²) in [4.78, 5) is 31.5. The van der Waals surface area contributed by atoms with E-state index in [2.05, 4.69) is 46.3 Å². The molecule has 7 nitrogen and oxygen atoms in total. The molecule has 1 N–H and O–H groups in total. The third-order valence-electron chi connectivity index (χ3n) is 6.33. The van der Waals surface area contributed by atoms with Crippen molar-refractivity contribution in [2.75, 3.05) is 45.8 Å². The SMILES string of the molecule is CCN1CCN(Cc2ccc(CNC(=O)C3CCN(C(=O)OC(C)(C)C)CC3)cc2)CC1.